The highest BCUT2D eigenvalue weighted by Crippen LogP contribution is 2.29. The number of fused-ring (bicyclic) bond motifs is 1. The molecule has 0 bridgehead atoms. The molecule has 2 rings (SSSR count). The Morgan fingerprint density at radius 3 is 2.78 bits per heavy atom. The van der Waals surface area contributed by atoms with Gasteiger partial charge in [-0.2, -0.15) is 0 Å². The van der Waals surface area contributed by atoms with Crippen LogP contribution in [-0.4, -0.2) is 42.1 Å². The molecule has 0 saturated carbocycles. The minimum Gasteiger partial charge on any atom is -0.444 e. The number of hydrogen-bond donors (Lipinski definition) is 1. The third-order valence-corrected chi connectivity index (χ3v) is 3.56. The maximum Gasteiger partial charge on any atom is 0.410 e. The second-order valence-electron chi connectivity index (χ2n) is 6.16. The highest BCUT2D eigenvalue weighted by atomic mass is 16.6. The normalized spacial score (nSPS) is 28.4. The fraction of sp³-hybridized carbons (Fsp3) is 0.846. The van der Waals surface area contributed by atoms with Crippen molar-refractivity contribution in [2.24, 2.45) is 11.8 Å². The lowest BCUT2D eigenvalue weighted by Gasteiger charge is -2.40. The first kappa shape index (κ1) is 13.2. The number of amides is 2. The summed E-state index contributed by atoms with van der Waals surface area (Å²) >= 11 is 0. The van der Waals surface area contributed by atoms with Crippen molar-refractivity contribution in [2.45, 2.75) is 39.2 Å². The number of nitrogens with one attached hydrogen (secondary N) is 1. The summed E-state index contributed by atoms with van der Waals surface area (Å²) in [7, 11) is 0. The minimum absolute atomic E-state index is 0.0555. The van der Waals surface area contributed by atoms with E-state index in [2.05, 4.69) is 5.32 Å². The predicted molar refractivity (Wildman–Crippen MR) is 67.0 cm³/mol. The number of carbonyl (C=O) groups is 2. The molecule has 2 amide bonds. The summed E-state index contributed by atoms with van der Waals surface area (Å²) in [5.41, 5.74) is -0.483. The predicted octanol–water partition coefficient (Wildman–Crippen LogP) is 1.38. The van der Waals surface area contributed by atoms with Crippen LogP contribution in [0, 0.1) is 11.8 Å². The van der Waals surface area contributed by atoms with Crippen molar-refractivity contribution in [1.82, 2.24) is 10.2 Å². The van der Waals surface area contributed by atoms with Crippen LogP contribution in [0.25, 0.3) is 0 Å². The number of nitrogens with zero attached hydrogens (tertiary/aromatic N) is 1. The molecule has 0 aromatic carbocycles. The first-order chi connectivity index (χ1) is 8.37. The van der Waals surface area contributed by atoms with E-state index in [9.17, 15) is 9.59 Å². The smallest absolute Gasteiger partial charge is 0.410 e. The molecule has 0 radical (unpaired) electrons. The van der Waals surface area contributed by atoms with Crippen LogP contribution in [0.15, 0.2) is 0 Å². The van der Waals surface area contributed by atoms with E-state index in [1.807, 2.05) is 20.8 Å². The van der Waals surface area contributed by atoms with Crippen molar-refractivity contribution in [3.63, 3.8) is 0 Å². The molecule has 5 heteroatoms. The molecule has 0 aromatic rings. The van der Waals surface area contributed by atoms with Crippen molar-refractivity contribution < 1.29 is 14.3 Å². The number of ether oxygens (including phenoxy) is 1. The van der Waals surface area contributed by atoms with E-state index < -0.39 is 5.60 Å². The van der Waals surface area contributed by atoms with Gasteiger partial charge in [0, 0.05) is 19.6 Å². The highest BCUT2D eigenvalue weighted by Gasteiger charge is 2.39. The molecule has 0 aromatic heterocycles. The second kappa shape index (κ2) is 4.78. The van der Waals surface area contributed by atoms with Crippen LogP contribution in [0.4, 0.5) is 4.79 Å². The van der Waals surface area contributed by atoms with E-state index in [0.717, 1.165) is 19.4 Å². The maximum absolute atomic E-state index is 12.0. The van der Waals surface area contributed by atoms with Crippen LogP contribution in [0.5, 0.6) is 0 Å². The number of carbonyl (C=O) groups excluding carboxylic acids is 2. The Morgan fingerprint density at radius 1 is 1.39 bits per heavy atom. The van der Waals surface area contributed by atoms with Crippen molar-refractivity contribution in [3.8, 4) is 0 Å². The summed E-state index contributed by atoms with van der Waals surface area (Å²) in [6.07, 6.45) is 1.62. The van der Waals surface area contributed by atoms with Gasteiger partial charge >= 0.3 is 6.09 Å². The van der Waals surface area contributed by atoms with E-state index in [1.165, 1.54) is 0 Å². The summed E-state index contributed by atoms with van der Waals surface area (Å²) < 4.78 is 5.35. The Morgan fingerprint density at radius 2 is 2.11 bits per heavy atom. The van der Waals surface area contributed by atoms with Gasteiger partial charge in [0.1, 0.15) is 5.60 Å². The summed E-state index contributed by atoms with van der Waals surface area (Å²) in [6.45, 7) is 7.52. The standard InChI is InChI=1S/C13H22N2O3/c1-13(2,3)18-12(17)15-7-5-9-4-6-14-11(16)10(9)8-15/h9-10H,4-8H2,1-3H3,(H,14,16)/t9-,10+/m0/s1. The lowest BCUT2D eigenvalue weighted by molar-refractivity contribution is -0.131. The molecule has 2 fully saturated rings. The number of rotatable bonds is 0. The van der Waals surface area contributed by atoms with E-state index >= 15 is 0 Å². The number of piperidine rings is 2. The molecular formula is C13H22N2O3. The molecule has 2 aliphatic rings. The second-order valence-corrected chi connectivity index (χ2v) is 6.16. The Kier molecular flexibility index (Phi) is 3.50. The quantitative estimate of drug-likeness (QED) is 0.710. The van der Waals surface area contributed by atoms with Gasteiger partial charge in [-0.1, -0.05) is 0 Å². The van der Waals surface area contributed by atoms with Crippen molar-refractivity contribution in [2.75, 3.05) is 19.6 Å². The molecule has 2 aliphatic heterocycles. The fourth-order valence-corrected chi connectivity index (χ4v) is 2.65. The van der Waals surface area contributed by atoms with Crippen molar-refractivity contribution in [1.29, 1.82) is 0 Å². The molecule has 102 valence electrons. The summed E-state index contributed by atoms with van der Waals surface area (Å²) in [5, 5.41) is 2.87. The lowest BCUT2D eigenvalue weighted by atomic mass is 9.80. The largest absolute Gasteiger partial charge is 0.444 e. The molecule has 2 atom stereocenters. The maximum atomic E-state index is 12.0. The topological polar surface area (TPSA) is 58.6 Å². The Balaban J connectivity index is 1.96. The van der Waals surface area contributed by atoms with Gasteiger partial charge < -0.3 is 15.0 Å². The zero-order valence-electron chi connectivity index (χ0n) is 11.4. The van der Waals surface area contributed by atoms with Gasteiger partial charge in [-0.05, 0) is 39.5 Å². The number of likely N-dealkylation sites (tertiary alicyclic amines) is 1. The van der Waals surface area contributed by atoms with Gasteiger partial charge in [0.05, 0.1) is 5.92 Å². The molecule has 18 heavy (non-hydrogen) atoms. The first-order valence-corrected chi connectivity index (χ1v) is 6.62. The zero-order valence-corrected chi connectivity index (χ0v) is 11.4. The minimum atomic E-state index is -0.483. The number of hydrogen-bond acceptors (Lipinski definition) is 3. The summed E-state index contributed by atoms with van der Waals surface area (Å²) in [4.78, 5) is 25.4. The van der Waals surface area contributed by atoms with Gasteiger partial charge in [-0.25, -0.2) is 4.79 Å². The Labute approximate surface area is 108 Å². The molecular weight excluding hydrogens is 232 g/mol. The van der Waals surface area contributed by atoms with Gasteiger partial charge in [-0.3, -0.25) is 4.79 Å². The Bertz CT molecular complexity index is 349. The van der Waals surface area contributed by atoms with Crippen LogP contribution in [0.3, 0.4) is 0 Å². The zero-order chi connectivity index (χ0) is 13.3. The lowest BCUT2D eigenvalue weighted by Crippen LogP contribution is -2.53. The SMILES string of the molecule is CC(C)(C)OC(=O)N1CC[C@@H]2CCNC(=O)[C@@H]2C1. The fourth-order valence-electron chi connectivity index (χ4n) is 2.65. The summed E-state index contributed by atoms with van der Waals surface area (Å²) in [5.74, 6) is 0.456. The molecule has 5 nitrogen and oxygen atoms in total. The van der Waals surface area contributed by atoms with Crippen LogP contribution < -0.4 is 5.32 Å². The van der Waals surface area contributed by atoms with E-state index in [-0.39, 0.29) is 17.9 Å². The molecule has 1 N–H and O–H groups in total. The average Bonchev–Trinajstić information content (AvgIpc) is 2.27. The van der Waals surface area contributed by atoms with Gasteiger partial charge in [-0.15, -0.1) is 0 Å². The monoisotopic (exact) mass is 254 g/mol. The van der Waals surface area contributed by atoms with Gasteiger partial charge in [0.15, 0.2) is 0 Å². The molecule has 0 spiro atoms. The van der Waals surface area contributed by atoms with Gasteiger partial charge in [0.25, 0.3) is 0 Å². The van der Waals surface area contributed by atoms with Crippen LogP contribution in [0.1, 0.15) is 33.6 Å². The molecule has 0 unspecified atom stereocenters. The van der Waals surface area contributed by atoms with Crippen molar-refractivity contribution in [3.05, 3.63) is 0 Å². The molecule has 2 saturated heterocycles. The highest BCUT2D eigenvalue weighted by molar-refractivity contribution is 5.81. The summed E-state index contributed by atoms with van der Waals surface area (Å²) in [6, 6.07) is 0. The van der Waals surface area contributed by atoms with Crippen LogP contribution >= 0.6 is 0 Å². The van der Waals surface area contributed by atoms with E-state index in [0.29, 0.717) is 19.0 Å². The van der Waals surface area contributed by atoms with Crippen LogP contribution in [-0.2, 0) is 9.53 Å². The van der Waals surface area contributed by atoms with Crippen molar-refractivity contribution >= 4 is 12.0 Å². The van der Waals surface area contributed by atoms with Gasteiger partial charge in [0.2, 0.25) is 5.91 Å². The van der Waals surface area contributed by atoms with E-state index in [1.54, 1.807) is 4.90 Å². The molecule has 2 heterocycles. The van der Waals surface area contributed by atoms with Crippen LogP contribution in [0.2, 0.25) is 0 Å². The third kappa shape index (κ3) is 2.94. The molecule has 0 aliphatic carbocycles. The van der Waals surface area contributed by atoms with E-state index in [4.69, 9.17) is 4.74 Å². The third-order valence-electron chi connectivity index (χ3n) is 3.56. The first-order valence-electron chi connectivity index (χ1n) is 6.62. The average molecular weight is 254 g/mol. The Hall–Kier alpha value is -1.26.